The molecule has 0 fully saturated rings. The number of hydrogen-bond acceptors (Lipinski definition) is 4. The molecule has 1 aliphatic rings. The fraction of sp³-hybridized carbons (Fsp3) is 0.333. The molecule has 0 unspecified atom stereocenters. The van der Waals surface area contributed by atoms with E-state index in [0.717, 1.165) is 31.0 Å². The van der Waals surface area contributed by atoms with Crippen molar-refractivity contribution in [3.05, 3.63) is 41.7 Å². The molecule has 3 rings (SSSR count). The van der Waals surface area contributed by atoms with Crippen molar-refractivity contribution in [2.75, 3.05) is 23.8 Å². The Balaban J connectivity index is 2.03. The van der Waals surface area contributed by atoms with Gasteiger partial charge in [-0.05, 0) is 31.4 Å². The van der Waals surface area contributed by atoms with Gasteiger partial charge in [0.2, 0.25) is 0 Å². The zero-order valence-corrected chi connectivity index (χ0v) is 11.3. The van der Waals surface area contributed by atoms with Gasteiger partial charge in [-0.3, -0.25) is 0 Å². The maximum atomic E-state index is 4.41. The van der Waals surface area contributed by atoms with Gasteiger partial charge in [-0.1, -0.05) is 17.7 Å². The second-order valence-electron chi connectivity index (χ2n) is 4.90. The topological polar surface area (TPSA) is 41.0 Å². The van der Waals surface area contributed by atoms with Crippen LogP contribution in [0.5, 0.6) is 0 Å². The molecule has 0 radical (unpaired) electrons. The molecule has 0 spiro atoms. The van der Waals surface area contributed by atoms with Crippen LogP contribution in [-0.4, -0.2) is 23.6 Å². The van der Waals surface area contributed by atoms with E-state index in [9.17, 15) is 0 Å². The molecule has 2 aromatic rings. The Morgan fingerprint density at radius 1 is 1.21 bits per heavy atom. The Morgan fingerprint density at radius 2 is 2.11 bits per heavy atom. The van der Waals surface area contributed by atoms with Crippen LogP contribution in [0.1, 0.15) is 17.5 Å². The maximum absolute atomic E-state index is 4.41. The summed E-state index contributed by atoms with van der Waals surface area (Å²) in [6.45, 7) is 3.15. The van der Waals surface area contributed by atoms with E-state index in [1.165, 1.54) is 16.8 Å². The van der Waals surface area contributed by atoms with E-state index in [1.54, 1.807) is 6.33 Å². The third kappa shape index (κ3) is 2.26. The highest BCUT2D eigenvalue weighted by molar-refractivity contribution is 5.67. The number of aryl methyl sites for hydroxylation is 2. The average Bonchev–Trinajstić information content (AvgIpc) is 2.46. The van der Waals surface area contributed by atoms with Crippen molar-refractivity contribution in [3.63, 3.8) is 0 Å². The highest BCUT2D eigenvalue weighted by atomic mass is 15.2. The van der Waals surface area contributed by atoms with Gasteiger partial charge in [-0.2, -0.15) is 0 Å². The Hall–Kier alpha value is -2.10. The molecule has 0 saturated carbocycles. The zero-order valence-electron chi connectivity index (χ0n) is 11.3. The van der Waals surface area contributed by atoms with Crippen LogP contribution in [0.3, 0.4) is 0 Å². The highest BCUT2D eigenvalue weighted by Crippen LogP contribution is 2.33. The van der Waals surface area contributed by atoms with Gasteiger partial charge in [-0.25, -0.2) is 9.97 Å². The van der Waals surface area contributed by atoms with Gasteiger partial charge in [0, 0.05) is 25.3 Å². The third-order valence-corrected chi connectivity index (χ3v) is 3.54. The molecule has 1 aliphatic heterocycles. The monoisotopic (exact) mass is 254 g/mol. The van der Waals surface area contributed by atoms with Gasteiger partial charge in [0.1, 0.15) is 18.0 Å². The second-order valence-corrected chi connectivity index (χ2v) is 4.90. The van der Waals surface area contributed by atoms with Crippen molar-refractivity contribution >= 4 is 17.3 Å². The van der Waals surface area contributed by atoms with Crippen molar-refractivity contribution in [1.82, 2.24) is 9.97 Å². The minimum absolute atomic E-state index is 0.851. The van der Waals surface area contributed by atoms with Crippen LogP contribution in [-0.2, 0) is 6.42 Å². The summed E-state index contributed by atoms with van der Waals surface area (Å²) < 4.78 is 0. The number of aromatic nitrogens is 2. The first kappa shape index (κ1) is 12.0. The number of anilines is 3. The summed E-state index contributed by atoms with van der Waals surface area (Å²) in [5.74, 6) is 1.81. The lowest BCUT2D eigenvalue weighted by Gasteiger charge is -2.30. The number of rotatable bonds is 2. The third-order valence-electron chi connectivity index (χ3n) is 3.54. The molecule has 1 N–H and O–H groups in total. The molecular formula is C15H18N4. The normalized spacial score (nSPS) is 14.1. The minimum atomic E-state index is 0.851. The molecule has 98 valence electrons. The summed E-state index contributed by atoms with van der Waals surface area (Å²) in [5, 5.41) is 3.06. The molecule has 4 heteroatoms. The van der Waals surface area contributed by atoms with Gasteiger partial charge >= 0.3 is 0 Å². The van der Waals surface area contributed by atoms with Gasteiger partial charge in [0.25, 0.3) is 0 Å². The molecule has 2 heterocycles. The predicted octanol–water partition coefficient (Wildman–Crippen LogP) is 2.91. The number of benzene rings is 1. The van der Waals surface area contributed by atoms with Gasteiger partial charge in [-0.15, -0.1) is 0 Å². The summed E-state index contributed by atoms with van der Waals surface area (Å²) in [4.78, 5) is 10.9. The lowest BCUT2D eigenvalue weighted by atomic mass is 9.99. The predicted molar refractivity (Wildman–Crippen MR) is 78.1 cm³/mol. The lowest BCUT2D eigenvalue weighted by Crippen LogP contribution is -2.25. The van der Waals surface area contributed by atoms with Crippen LogP contribution in [0.2, 0.25) is 0 Å². The molecule has 0 atom stereocenters. The Bertz CT molecular complexity index is 594. The quantitative estimate of drug-likeness (QED) is 0.894. The Kier molecular flexibility index (Phi) is 3.07. The van der Waals surface area contributed by atoms with Gasteiger partial charge in [0.15, 0.2) is 0 Å². The summed E-state index contributed by atoms with van der Waals surface area (Å²) >= 11 is 0. The number of nitrogens with one attached hydrogen (secondary N) is 1. The van der Waals surface area contributed by atoms with Crippen LogP contribution in [0.4, 0.5) is 17.3 Å². The van der Waals surface area contributed by atoms with E-state index in [0.29, 0.717) is 0 Å². The Morgan fingerprint density at radius 3 is 2.95 bits per heavy atom. The first-order chi connectivity index (χ1) is 9.28. The van der Waals surface area contributed by atoms with Crippen molar-refractivity contribution in [2.24, 2.45) is 0 Å². The van der Waals surface area contributed by atoms with E-state index < -0.39 is 0 Å². The number of fused-ring (bicyclic) bond motifs is 1. The van der Waals surface area contributed by atoms with Crippen LogP contribution < -0.4 is 10.2 Å². The molecule has 0 saturated heterocycles. The molecule has 1 aromatic heterocycles. The molecule has 0 bridgehead atoms. The molecule has 4 nitrogen and oxygen atoms in total. The molecule has 19 heavy (non-hydrogen) atoms. The lowest BCUT2D eigenvalue weighted by molar-refractivity contribution is 0.758. The first-order valence-corrected chi connectivity index (χ1v) is 6.65. The average molecular weight is 254 g/mol. The maximum Gasteiger partial charge on any atom is 0.138 e. The molecule has 0 amide bonds. The standard InChI is InChI=1S/C15H18N4/c1-11-5-6-13-12(8-11)4-3-7-19(13)15-9-14(16-2)17-10-18-15/h5-6,8-10H,3-4,7H2,1-2H3,(H,16,17,18). The fourth-order valence-corrected chi connectivity index (χ4v) is 2.60. The molecular weight excluding hydrogens is 236 g/mol. The van der Waals surface area contributed by atoms with E-state index in [2.05, 4.69) is 45.3 Å². The minimum Gasteiger partial charge on any atom is -0.373 e. The number of hydrogen-bond donors (Lipinski definition) is 1. The van der Waals surface area contributed by atoms with E-state index in [-0.39, 0.29) is 0 Å². The van der Waals surface area contributed by atoms with Crippen LogP contribution in [0.15, 0.2) is 30.6 Å². The summed E-state index contributed by atoms with van der Waals surface area (Å²) in [6.07, 6.45) is 3.93. The Labute approximate surface area is 113 Å². The van der Waals surface area contributed by atoms with Gasteiger partial charge < -0.3 is 10.2 Å². The zero-order chi connectivity index (χ0) is 13.2. The smallest absolute Gasteiger partial charge is 0.138 e. The first-order valence-electron chi connectivity index (χ1n) is 6.65. The van der Waals surface area contributed by atoms with E-state index in [4.69, 9.17) is 0 Å². The van der Waals surface area contributed by atoms with E-state index >= 15 is 0 Å². The van der Waals surface area contributed by atoms with Crippen molar-refractivity contribution in [1.29, 1.82) is 0 Å². The summed E-state index contributed by atoms with van der Waals surface area (Å²) in [7, 11) is 1.87. The van der Waals surface area contributed by atoms with Gasteiger partial charge in [0.05, 0.1) is 0 Å². The van der Waals surface area contributed by atoms with Crippen LogP contribution >= 0.6 is 0 Å². The fourth-order valence-electron chi connectivity index (χ4n) is 2.60. The summed E-state index contributed by atoms with van der Waals surface area (Å²) in [5.41, 5.74) is 4.01. The van der Waals surface area contributed by atoms with Crippen molar-refractivity contribution in [3.8, 4) is 0 Å². The van der Waals surface area contributed by atoms with E-state index in [1.807, 2.05) is 13.1 Å². The van der Waals surface area contributed by atoms with Crippen molar-refractivity contribution < 1.29 is 0 Å². The molecule has 0 aliphatic carbocycles. The van der Waals surface area contributed by atoms with Crippen LogP contribution in [0, 0.1) is 6.92 Å². The highest BCUT2D eigenvalue weighted by Gasteiger charge is 2.19. The summed E-state index contributed by atoms with van der Waals surface area (Å²) in [6, 6.07) is 8.64. The SMILES string of the molecule is CNc1cc(N2CCCc3cc(C)ccc32)ncn1. The largest absolute Gasteiger partial charge is 0.373 e. The van der Waals surface area contributed by atoms with Crippen LogP contribution in [0.25, 0.3) is 0 Å². The molecule has 1 aromatic carbocycles. The number of nitrogens with zero attached hydrogens (tertiary/aromatic N) is 3. The van der Waals surface area contributed by atoms with Crippen molar-refractivity contribution in [2.45, 2.75) is 19.8 Å². The second kappa shape index (κ2) is 4.88.